The zero-order valence-corrected chi connectivity index (χ0v) is 19.2. The molecule has 1 heterocycles. The first-order valence-corrected chi connectivity index (χ1v) is 8.60. The minimum atomic E-state index is 0. The molecule has 1 aliphatic heterocycles. The number of fused-ring (bicyclic) bond motifs is 2. The minimum absolute atomic E-state index is 0. The summed E-state index contributed by atoms with van der Waals surface area (Å²) in [6, 6.07) is 15.8. The average molecular weight is 408 g/mol. The fraction of sp³-hybridized carbons (Fsp3) is 0.182. The van der Waals surface area contributed by atoms with Crippen LogP contribution in [0.15, 0.2) is 82.1 Å². The van der Waals surface area contributed by atoms with Crippen molar-refractivity contribution in [3.8, 4) is 0 Å². The summed E-state index contributed by atoms with van der Waals surface area (Å²) in [6.07, 6.45) is 3.94. The molecule has 0 aliphatic carbocycles. The molecule has 2 aromatic carbocycles. The van der Waals surface area contributed by atoms with Crippen molar-refractivity contribution in [2.24, 2.45) is 9.98 Å². The molecule has 132 valence electrons. The molecule has 0 saturated heterocycles. The summed E-state index contributed by atoms with van der Waals surface area (Å²) in [5, 5.41) is 9.43. The number of hydrogen-bond acceptors (Lipinski definition) is 2. The van der Waals surface area contributed by atoms with Gasteiger partial charge in [-0.2, -0.15) is 11.4 Å². The van der Waals surface area contributed by atoms with Crippen LogP contribution in [0.2, 0.25) is 0 Å². The molecule has 0 atom stereocenters. The SMILES string of the molecule is CC1=CC(C)=Nc2ccccc2[N-]C(C)=CC(C)=Nc2ccccc2[N-]1.[Zn+2]. The number of hydrogen-bond donors (Lipinski definition) is 0. The quantitative estimate of drug-likeness (QED) is 0.408. The molecule has 3 rings (SSSR count). The molecule has 5 heteroatoms. The number of rotatable bonds is 0. The van der Waals surface area contributed by atoms with Gasteiger partial charge in [-0.3, -0.25) is 9.98 Å². The van der Waals surface area contributed by atoms with Crippen molar-refractivity contribution in [2.75, 3.05) is 0 Å². The van der Waals surface area contributed by atoms with E-state index in [-0.39, 0.29) is 19.5 Å². The largest absolute Gasteiger partial charge is 2.00 e. The molecule has 4 nitrogen and oxygen atoms in total. The van der Waals surface area contributed by atoms with Crippen LogP contribution in [0.3, 0.4) is 0 Å². The van der Waals surface area contributed by atoms with E-state index in [0.29, 0.717) is 0 Å². The first-order chi connectivity index (χ1) is 12.5. The maximum absolute atomic E-state index is 4.72. The molecule has 1 aliphatic rings. The number of nitrogens with zero attached hydrogens (tertiary/aromatic N) is 4. The van der Waals surface area contributed by atoms with E-state index in [4.69, 9.17) is 20.6 Å². The maximum atomic E-state index is 4.72. The molecule has 2 aromatic rings. The van der Waals surface area contributed by atoms with Crippen molar-refractivity contribution < 1.29 is 19.5 Å². The van der Waals surface area contributed by atoms with Crippen LogP contribution < -0.4 is 0 Å². The molecule has 0 spiro atoms. The Morgan fingerprint density at radius 2 is 0.963 bits per heavy atom. The first kappa shape index (κ1) is 20.8. The van der Waals surface area contributed by atoms with Gasteiger partial charge >= 0.3 is 19.5 Å². The molecule has 0 fully saturated rings. The van der Waals surface area contributed by atoms with Gasteiger partial charge in [0.05, 0.1) is 0 Å². The predicted octanol–water partition coefficient (Wildman–Crippen LogP) is 7.40. The monoisotopic (exact) mass is 406 g/mol. The van der Waals surface area contributed by atoms with Gasteiger partial charge in [0, 0.05) is 22.8 Å². The molecule has 0 N–H and O–H groups in total. The van der Waals surface area contributed by atoms with Crippen LogP contribution in [-0.2, 0) is 19.5 Å². The second-order valence-electron chi connectivity index (χ2n) is 6.28. The fourth-order valence-corrected chi connectivity index (χ4v) is 2.80. The topological polar surface area (TPSA) is 52.9 Å². The zero-order chi connectivity index (χ0) is 18.5. The standard InChI is InChI=1S/C22H22N4.Zn/c1-15-13-16(2)24-21-11-7-8-12-22(21)26-18(4)14-17(3)25-20-10-6-5-9-19(20)23-15;/h5-14H,1-4H3;/q-2;+2. The van der Waals surface area contributed by atoms with Gasteiger partial charge in [-0.05, 0) is 26.0 Å². The van der Waals surface area contributed by atoms with Gasteiger partial charge in [0.1, 0.15) is 0 Å². The second kappa shape index (κ2) is 9.43. The summed E-state index contributed by atoms with van der Waals surface area (Å²) in [6.45, 7) is 7.88. The van der Waals surface area contributed by atoms with Gasteiger partial charge < -0.3 is 10.6 Å². The summed E-state index contributed by atoms with van der Waals surface area (Å²) in [5.41, 5.74) is 6.88. The van der Waals surface area contributed by atoms with E-state index in [0.717, 1.165) is 45.6 Å². The Hall–Kier alpha value is -2.52. The van der Waals surface area contributed by atoms with E-state index in [2.05, 4.69) is 0 Å². The third kappa shape index (κ3) is 5.73. The van der Waals surface area contributed by atoms with Gasteiger partial charge in [-0.1, -0.05) is 62.4 Å². The van der Waals surface area contributed by atoms with E-state index in [1.165, 1.54) is 0 Å². The zero-order valence-electron chi connectivity index (χ0n) is 16.3. The van der Waals surface area contributed by atoms with Crippen LogP contribution in [-0.4, -0.2) is 11.4 Å². The van der Waals surface area contributed by atoms with Crippen LogP contribution in [0.25, 0.3) is 10.6 Å². The molecule has 0 amide bonds. The van der Waals surface area contributed by atoms with Crippen molar-refractivity contribution in [2.45, 2.75) is 27.7 Å². The van der Waals surface area contributed by atoms with Crippen molar-refractivity contribution in [1.29, 1.82) is 0 Å². The number of allylic oxidation sites excluding steroid dienone is 4. The third-order valence-electron chi connectivity index (χ3n) is 3.79. The van der Waals surface area contributed by atoms with Crippen LogP contribution in [0, 0.1) is 0 Å². The Labute approximate surface area is 174 Å². The molecular weight excluding hydrogens is 386 g/mol. The molecule has 0 radical (unpaired) electrons. The average Bonchev–Trinajstić information content (AvgIpc) is 2.57. The van der Waals surface area contributed by atoms with Gasteiger partial charge in [0.15, 0.2) is 0 Å². The van der Waals surface area contributed by atoms with Gasteiger partial charge in [-0.15, -0.1) is 11.4 Å². The predicted molar refractivity (Wildman–Crippen MR) is 112 cm³/mol. The van der Waals surface area contributed by atoms with Crippen LogP contribution >= 0.6 is 0 Å². The van der Waals surface area contributed by atoms with E-state index in [9.17, 15) is 0 Å². The van der Waals surface area contributed by atoms with E-state index < -0.39 is 0 Å². The van der Waals surface area contributed by atoms with E-state index in [1.54, 1.807) is 0 Å². The van der Waals surface area contributed by atoms with Crippen molar-refractivity contribution in [3.63, 3.8) is 0 Å². The summed E-state index contributed by atoms with van der Waals surface area (Å²) in [5.74, 6) is 0. The smallest absolute Gasteiger partial charge is 0.660 e. The number of para-hydroxylation sites is 4. The molecule has 27 heavy (non-hydrogen) atoms. The summed E-state index contributed by atoms with van der Waals surface area (Å²) < 4.78 is 0. The molecule has 0 bridgehead atoms. The first-order valence-electron chi connectivity index (χ1n) is 8.60. The Morgan fingerprint density at radius 1 is 0.593 bits per heavy atom. The normalized spacial score (nSPS) is 14.4. The Kier molecular flexibility index (Phi) is 7.26. The van der Waals surface area contributed by atoms with Crippen LogP contribution in [0.1, 0.15) is 27.7 Å². The third-order valence-corrected chi connectivity index (χ3v) is 3.79. The van der Waals surface area contributed by atoms with Crippen molar-refractivity contribution >= 4 is 34.2 Å². The summed E-state index contributed by atoms with van der Waals surface area (Å²) >= 11 is 0. The van der Waals surface area contributed by atoms with Gasteiger partial charge in [-0.25, -0.2) is 0 Å². The van der Waals surface area contributed by atoms with Crippen molar-refractivity contribution in [1.82, 2.24) is 0 Å². The molecule has 0 unspecified atom stereocenters. The maximum Gasteiger partial charge on any atom is 2.00 e. The number of aliphatic imine (C=N–C) groups is 2. The Morgan fingerprint density at radius 3 is 1.37 bits per heavy atom. The minimum Gasteiger partial charge on any atom is -0.660 e. The van der Waals surface area contributed by atoms with E-state index >= 15 is 0 Å². The summed E-state index contributed by atoms with van der Waals surface area (Å²) in [4.78, 5) is 9.43. The molecule has 0 aromatic heterocycles. The number of benzene rings is 2. The van der Waals surface area contributed by atoms with Crippen LogP contribution in [0.4, 0.5) is 22.7 Å². The van der Waals surface area contributed by atoms with E-state index in [1.807, 2.05) is 88.4 Å². The second-order valence-corrected chi connectivity index (χ2v) is 6.28. The fourth-order valence-electron chi connectivity index (χ4n) is 2.80. The van der Waals surface area contributed by atoms with Gasteiger partial charge in [0.2, 0.25) is 0 Å². The molecule has 0 saturated carbocycles. The van der Waals surface area contributed by atoms with Crippen molar-refractivity contribution in [3.05, 3.63) is 82.7 Å². The Balaban J connectivity index is 0.00000261. The molecular formula is C22H22N4Zn. The van der Waals surface area contributed by atoms with Crippen LogP contribution in [0.5, 0.6) is 0 Å². The summed E-state index contributed by atoms with van der Waals surface area (Å²) in [7, 11) is 0. The Bertz CT molecular complexity index is 861. The van der Waals surface area contributed by atoms with Gasteiger partial charge in [0.25, 0.3) is 0 Å².